The molecule has 0 unspecified atom stereocenters. The molecular weight excluding hydrogens is 334 g/mol. The van der Waals surface area contributed by atoms with Gasteiger partial charge >= 0.3 is 0 Å². The first-order valence-corrected chi connectivity index (χ1v) is 9.20. The SMILES string of the molecule is Cc1nc(CS(=O)(=O)Cc2cc(Cl)c3c(c2)OCO3)cs1. The lowest BCUT2D eigenvalue weighted by molar-refractivity contribution is 0.174. The van der Waals surface area contributed by atoms with Crippen molar-refractivity contribution in [2.24, 2.45) is 0 Å². The number of aromatic nitrogens is 1. The van der Waals surface area contributed by atoms with Crippen molar-refractivity contribution in [3.63, 3.8) is 0 Å². The topological polar surface area (TPSA) is 65.5 Å². The first kappa shape index (κ1) is 14.6. The summed E-state index contributed by atoms with van der Waals surface area (Å²) in [6, 6.07) is 3.25. The number of aryl methyl sites for hydroxylation is 1. The van der Waals surface area contributed by atoms with Gasteiger partial charge in [0, 0.05) is 5.38 Å². The number of halogens is 1. The Morgan fingerprint density at radius 3 is 2.86 bits per heavy atom. The molecule has 0 atom stereocenters. The van der Waals surface area contributed by atoms with Gasteiger partial charge < -0.3 is 9.47 Å². The molecule has 0 radical (unpaired) electrons. The first-order valence-electron chi connectivity index (χ1n) is 6.12. The molecule has 0 amide bonds. The van der Waals surface area contributed by atoms with Gasteiger partial charge in [0.05, 0.1) is 27.2 Å². The maximum atomic E-state index is 12.2. The summed E-state index contributed by atoms with van der Waals surface area (Å²) in [7, 11) is -3.32. The van der Waals surface area contributed by atoms with Gasteiger partial charge in [0.1, 0.15) is 0 Å². The Balaban J connectivity index is 1.81. The molecule has 1 aromatic carbocycles. The zero-order chi connectivity index (χ0) is 15.0. The minimum Gasteiger partial charge on any atom is -0.454 e. The molecular formula is C13H12ClNO4S2. The van der Waals surface area contributed by atoms with Gasteiger partial charge in [-0.15, -0.1) is 11.3 Å². The van der Waals surface area contributed by atoms with Gasteiger partial charge in [-0.05, 0) is 24.6 Å². The number of thiazole rings is 1. The summed E-state index contributed by atoms with van der Waals surface area (Å²) in [5.41, 5.74) is 1.15. The van der Waals surface area contributed by atoms with E-state index in [-0.39, 0.29) is 18.3 Å². The molecule has 0 aliphatic carbocycles. The minimum absolute atomic E-state index is 0.0800. The van der Waals surface area contributed by atoms with E-state index in [1.807, 2.05) is 6.92 Å². The Hall–Kier alpha value is -1.31. The van der Waals surface area contributed by atoms with E-state index in [1.54, 1.807) is 17.5 Å². The standard InChI is InChI=1S/C13H12ClNO4S2/c1-8-15-10(4-20-8)6-21(16,17)5-9-2-11(14)13-12(3-9)18-7-19-13/h2-4H,5-7H2,1H3. The van der Waals surface area contributed by atoms with Crippen LogP contribution in [0.15, 0.2) is 17.5 Å². The van der Waals surface area contributed by atoms with Gasteiger partial charge in [-0.2, -0.15) is 0 Å². The fourth-order valence-corrected chi connectivity index (χ4v) is 4.49. The van der Waals surface area contributed by atoms with Crippen molar-refractivity contribution in [2.45, 2.75) is 18.4 Å². The molecule has 1 aliphatic rings. The lowest BCUT2D eigenvalue weighted by Crippen LogP contribution is -2.08. The maximum Gasteiger partial charge on any atom is 0.231 e. The number of sulfone groups is 1. The molecule has 0 saturated heterocycles. The maximum absolute atomic E-state index is 12.2. The summed E-state index contributed by atoms with van der Waals surface area (Å²) in [5, 5.41) is 2.98. The molecule has 0 fully saturated rings. The van der Waals surface area contributed by atoms with Crippen molar-refractivity contribution in [1.29, 1.82) is 0 Å². The van der Waals surface area contributed by atoms with Crippen molar-refractivity contribution in [3.05, 3.63) is 38.8 Å². The third kappa shape index (κ3) is 3.30. The van der Waals surface area contributed by atoms with Crippen LogP contribution in [0.25, 0.3) is 0 Å². The third-order valence-corrected chi connectivity index (χ3v) is 5.52. The van der Waals surface area contributed by atoms with Crippen LogP contribution in [0, 0.1) is 6.92 Å². The second-order valence-electron chi connectivity index (χ2n) is 4.70. The summed E-state index contributed by atoms with van der Waals surface area (Å²) in [6.07, 6.45) is 0. The average molecular weight is 346 g/mol. The minimum atomic E-state index is -3.32. The molecule has 2 aromatic rings. The first-order chi connectivity index (χ1) is 9.93. The third-order valence-electron chi connectivity index (χ3n) is 2.91. The van der Waals surface area contributed by atoms with Crippen molar-refractivity contribution in [3.8, 4) is 11.5 Å². The average Bonchev–Trinajstić information content (AvgIpc) is 2.97. The fourth-order valence-electron chi connectivity index (χ4n) is 2.11. The molecule has 112 valence electrons. The smallest absolute Gasteiger partial charge is 0.231 e. The molecule has 8 heteroatoms. The van der Waals surface area contributed by atoms with Crippen LogP contribution >= 0.6 is 22.9 Å². The Bertz CT molecular complexity index is 785. The van der Waals surface area contributed by atoms with Crippen molar-refractivity contribution in [2.75, 3.05) is 6.79 Å². The van der Waals surface area contributed by atoms with Gasteiger partial charge in [0.2, 0.25) is 6.79 Å². The number of hydrogen-bond donors (Lipinski definition) is 0. The van der Waals surface area contributed by atoms with Crippen LogP contribution in [-0.4, -0.2) is 20.2 Å². The number of ether oxygens (including phenoxy) is 2. The largest absolute Gasteiger partial charge is 0.454 e. The molecule has 3 rings (SSSR count). The molecule has 1 aliphatic heterocycles. The van der Waals surface area contributed by atoms with Crippen LogP contribution in [0.4, 0.5) is 0 Å². The number of fused-ring (bicyclic) bond motifs is 1. The van der Waals surface area contributed by atoms with E-state index in [4.69, 9.17) is 21.1 Å². The highest BCUT2D eigenvalue weighted by Gasteiger charge is 2.21. The van der Waals surface area contributed by atoms with Crippen molar-refractivity contribution < 1.29 is 17.9 Å². The monoisotopic (exact) mass is 345 g/mol. The van der Waals surface area contributed by atoms with Gasteiger partial charge in [-0.1, -0.05) is 11.6 Å². The molecule has 2 heterocycles. The zero-order valence-electron chi connectivity index (χ0n) is 11.1. The number of nitrogens with zero attached hydrogens (tertiary/aromatic N) is 1. The second kappa shape index (κ2) is 5.47. The predicted molar refractivity (Wildman–Crippen MR) is 80.8 cm³/mol. The van der Waals surface area contributed by atoms with Crippen molar-refractivity contribution in [1.82, 2.24) is 4.98 Å². The molecule has 0 N–H and O–H groups in total. The van der Waals surface area contributed by atoms with E-state index in [0.717, 1.165) is 5.01 Å². The van der Waals surface area contributed by atoms with E-state index in [1.165, 1.54) is 11.3 Å². The van der Waals surface area contributed by atoms with E-state index >= 15 is 0 Å². The number of benzene rings is 1. The Morgan fingerprint density at radius 1 is 1.33 bits per heavy atom. The Labute approximate surface area is 131 Å². The fraction of sp³-hybridized carbons (Fsp3) is 0.308. The molecule has 0 saturated carbocycles. The lowest BCUT2D eigenvalue weighted by Gasteiger charge is -2.06. The van der Waals surface area contributed by atoms with Gasteiger partial charge in [-0.3, -0.25) is 0 Å². The number of rotatable bonds is 4. The second-order valence-corrected chi connectivity index (χ2v) is 8.24. The van der Waals surface area contributed by atoms with E-state index in [2.05, 4.69) is 4.98 Å². The predicted octanol–water partition coefficient (Wildman–Crippen LogP) is 2.95. The van der Waals surface area contributed by atoms with Crippen molar-refractivity contribution >= 4 is 32.8 Å². The van der Waals surface area contributed by atoms with Crippen LogP contribution in [0.5, 0.6) is 11.5 Å². The van der Waals surface area contributed by atoms with E-state index in [9.17, 15) is 8.42 Å². The quantitative estimate of drug-likeness (QED) is 0.852. The molecule has 1 aromatic heterocycles. The van der Waals surface area contributed by atoms with Gasteiger partial charge in [-0.25, -0.2) is 13.4 Å². The Kier molecular flexibility index (Phi) is 3.81. The summed E-state index contributed by atoms with van der Waals surface area (Å²) < 4.78 is 34.9. The van der Waals surface area contributed by atoms with Crippen LogP contribution in [-0.2, 0) is 21.3 Å². The summed E-state index contributed by atoms with van der Waals surface area (Å²) >= 11 is 7.49. The Morgan fingerprint density at radius 2 is 2.14 bits per heavy atom. The van der Waals surface area contributed by atoms with Crippen LogP contribution < -0.4 is 9.47 Å². The summed E-state index contributed by atoms with van der Waals surface area (Å²) in [4.78, 5) is 4.18. The van der Waals surface area contributed by atoms with Crippen LogP contribution in [0.1, 0.15) is 16.3 Å². The van der Waals surface area contributed by atoms with Gasteiger partial charge in [0.25, 0.3) is 0 Å². The molecule has 0 spiro atoms. The molecule has 0 bridgehead atoms. The summed E-state index contributed by atoms with van der Waals surface area (Å²) in [5.74, 6) is 0.758. The van der Waals surface area contributed by atoms with Crippen LogP contribution in [0.3, 0.4) is 0 Å². The van der Waals surface area contributed by atoms with E-state index < -0.39 is 9.84 Å². The normalized spacial score (nSPS) is 13.6. The van der Waals surface area contributed by atoms with E-state index in [0.29, 0.717) is 27.8 Å². The van der Waals surface area contributed by atoms with Gasteiger partial charge in [0.15, 0.2) is 21.3 Å². The highest BCUT2D eigenvalue weighted by atomic mass is 35.5. The highest BCUT2D eigenvalue weighted by molar-refractivity contribution is 7.89. The molecule has 21 heavy (non-hydrogen) atoms. The molecule has 5 nitrogen and oxygen atoms in total. The highest BCUT2D eigenvalue weighted by Crippen LogP contribution is 2.40. The zero-order valence-corrected chi connectivity index (χ0v) is 13.5. The lowest BCUT2D eigenvalue weighted by atomic mass is 10.2. The summed E-state index contributed by atoms with van der Waals surface area (Å²) in [6.45, 7) is 1.95. The number of hydrogen-bond acceptors (Lipinski definition) is 6. The van der Waals surface area contributed by atoms with Crippen LogP contribution in [0.2, 0.25) is 5.02 Å².